The van der Waals surface area contributed by atoms with E-state index in [0.717, 1.165) is 0 Å². The van der Waals surface area contributed by atoms with Crippen LogP contribution in [-0.2, 0) is 20.9 Å². The summed E-state index contributed by atoms with van der Waals surface area (Å²) in [5.41, 5.74) is 1.03. The average Bonchev–Trinajstić information content (AvgIpc) is 2.88. The number of urea groups is 1. The molecule has 24 heavy (non-hydrogen) atoms. The van der Waals surface area contributed by atoms with Crippen LogP contribution in [0.15, 0.2) is 30.5 Å². The van der Waals surface area contributed by atoms with Crippen molar-refractivity contribution in [3.63, 3.8) is 0 Å². The maximum absolute atomic E-state index is 13.6. The highest BCUT2D eigenvalue weighted by Gasteiger charge is 2.29. The van der Waals surface area contributed by atoms with E-state index in [9.17, 15) is 18.8 Å². The normalized spacial score (nSPS) is 16.8. The van der Waals surface area contributed by atoms with Crippen LogP contribution in [0.5, 0.6) is 0 Å². The van der Waals surface area contributed by atoms with Crippen molar-refractivity contribution in [3.8, 4) is 0 Å². The quantitative estimate of drug-likeness (QED) is 0.638. The minimum atomic E-state index is -0.735. The zero-order valence-electron chi connectivity index (χ0n) is 12.5. The lowest BCUT2D eigenvalue weighted by Crippen LogP contribution is -2.29. The molecule has 1 aromatic carbocycles. The fraction of sp³-hybridized carbons (Fsp3) is 0.250. The molecule has 1 saturated heterocycles. The number of pyridine rings is 1. The molecule has 1 aliphatic heterocycles. The summed E-state index contributed by atoms with van der Waals surface area (Å²) < 4.78 is 18.7. The largest absolute Gasteiger partial charge is 0.461 e. The number of nitrogens with one attached hydrogen (secondary N) is 2. The number of esters is 1. The number of nitrogens with zero attached hydrogens (tertiary/aromatic N) is 1. The minimum absolute atomic E-state index is 0.0426. The molecule has 0 aliphatic carbocycles. The van der Waals surface area contributed by atoms with Gasteiger partial charge in [-0.15, -0.1) is 0 Å². The van der Waals surface area contributed by atoms with Crippen LogP contribution in [0, 0.1) is 5.82 Å². The van der Waals surface area contributed by atoms with E-state index in [4.69, 9.17) is 4.74 Å². The Hall–Kier alpha value is -3.03. The molecule has 1 unspecified atom stereocenters. The molecule has 2 aromatic rings. The molecule has 2 N–H and O–H groups in total. The Labute approximate surface area is 136 Å². The van der Waals surface area contributed by atoms with E-state index in [-0.39, 0.29) is 19.4 Å². The lowest BCUT2D eigenvalue weighted by Gasteiger charge is -2.09. The van der Waals surface area contributed by atoms with Crippen LogP contribution in [0.2, 0.25) is 0 Å². The number of benzene rings is 1. The van der Waals surface area contributed by atoms with Gasteiger partial charge in [0.1, 0.15) is 18.5 Å². The smallest absolute Gasteiger partial charge is 0.322 e. The Morgan fingerprint density at radius 2 is 2.17 bits per heavy atom. The number of rotatable bonds is 5. The molecule has 124 valence electrons. The van der Waals surface area contributed by atoms with Gasteiger partial charge in [-0.3, -0.25) is 19.9 Å². The van der Waals surface area contributed by atoms with Crippen molar-refractivity contribution in [1.29, 1.82) is 0 Å². The highest BCUT2D eigenvalue weighted by atomic mass is 19.1. The molecule has 0 radical (unpaired) electrons. The fourth-order valence-electron chi connectivity index (χ4n) is 2.49. The summed E-state index contributed by atoms with van der Waals surface area (Å²) in [5, 5.41) is 5.10. The summed E-state index contributed by atoms with van der Waals surface area (Å²) in [5.74, 6) is -1.45. The highest BCUT2D eigenvalue weighted by molar-refractivity contribution is 6.04. The third-order valence-electron chi connectivity index (χ3n) is 3.63. The molecule has 0 spiro atoms. The standard InChI is InChI=1S/C16H14FN3O4/c17-11-6-9-2-1-5-18-14(9)10(7-11)8-24-13(21)4-3-12-15(22)20-16(23)19-12/h1-2,5-7,12H,3-4,8H2,(H2,19,20,22,23). The van der Waals surface area contributed by atoms with E-state index in [0.29, 0.717) is 16.5 Å². The van der Waals surface area contributed by atoms with Crippen molar-refractivity contribution >= 4 is 28.8 Å². The summed E-state index contributed by atoms with van der Waals surface area (Å²) in [4.78, 5) is 38.3. The number of carbonyl (C=O) groups excluding carboxylic acids is 3. The number of hydrogen-bond acceptors (Lipinski definition) is 5. The summed E-state index contributed by atoms with van der Waals surface area (Å²) in [7, 11) is 0. The van der Waals surface area contributed by atoms with Gasteiger partial charge in [-0.25, -0.2) is 9.18 Å². The van der Waals surface area contributed by atoms with Gasteiger partial charge < -0.3 is 10.1 Å². The zero-order valence-corrected chi connectivity index (χ0v) is 12.5. The molecule has 8 heteroatoms. The molecule has 3 rings (SSSR count). The molecular formula is C16H14FN3O4. The van der Waals surface area contributed by atoms with Crippen LogP contribution in [0.3, 0.4) is 0 Å². The molecule has 0 bridgehead atoms. The van der Waals surface area contributed by atoms with E-state index in [2.05, 4.69) is 15.6 Å². The van der Waals surface area contributed by atoms with Gasteiger partial charge in [0, 0.05) is 23.6 Å². The molecule has 3 amide bonds. The number of hydrogen-bond donors (Lipinski definition) is 2. The van der Waals surface area contributed by atoms with Crippen LogP contribution in [-0.4, -0.2) is 28.9 Å². The van der Waals surface area contributed by atoms with Crippen LogP contribution in [0.25, 0.3) is 10.9 Å². The topological polar surface area (TPSA) is 97.4 Å². The minimum Gasteiger partial charge on any atom is -0.461 e. The second kappa shape index (κ2) is 6.61. The first-order valence-electron chi connectivity index (χ1n) is 7.33. The number of amides is 3. The van der Waals surface area contributed by atoms with Gasteiger partial charge in [0.2, 0.25) is 0 Å². The molecule has 2 heterocycles. The molecule has 1 atom stereocenters. The van der Waals surface area contributed by atoms with E-state index in [1.807, 2.05) is 0 Å². The van der Waals surface area contributed by atoms with E-state index >= 15 is 0 Å². The average molecular weight is 331 g/mol. The molecule has 7 nitrogen and oxygen atoms in total. The number of halogens is 1. The molecule has 1 aliphatic rings. The van der Waals surface area contributed by atoms with Crippen molar-refractivity contribution in [2.75, 3.05) is 0 Å². The molecular weight excluding hydrogens is 317 g/mol. The van der Waals surface area contributed by atoms with Crippen molar-refractivity contribution in [1.82, 2.24) is 15.6 Å². The summed E-state index contributed by atoms with van der Waals surface area (Å²) in [6.07, 6.45) is 1.67. The molecule has 1 aromatic heterocycles. The Kier molecular flexibility index (Phi) is 4.37. The SMILES string of the molecule is O=C1NC(=O)C(CCC(=O)OCc2cc(F)cc3cccnc23)N1. The third kappa shape index (κ3) is 3.48. The van der Waals surface area contributed by atoms with Crippen molar-refractivity contribution in [2.24, 2.45) is 0 Å². The predicted molar refractivity (Wildman–Crippen MR) is 81.2 cm³/mol. The van der Waals surface area contributed by atoms with Crippen molar-refractivity contribution in [2.45, 2.75) is 25.5 Å². The fourth-order valence-corrected chi connectivity index (χ4v) is 2.49. The molecule has 1 fully saturated rings. The maximum Gasteiger partial charge on any atom is 0.322 e. The van der Waals surface area contributed by atoms with Gasteiger partial charge in [0.05, 0.1) is 5.52 Å². The summed E-state index contributed by atoms with van der Waals surface area (Å²) in [6, 6.07) is 4.73. The van der Waals surface area contributed by atoms with Crippen LogP contribution >= 0.6 is 0 Å². The lowest BCUT2D eigenvalue weighted by molar-refractivity contribution is -0.145. The van der Waals surface area contributed by atoms with Crippen LogP contribution < -0.4 is 10.6 Å². The Bertz CT molecular complexity index is 824. The predicted octanol–water partition coefficient (Wildman–Crippen LogP) is 1.41. The van der Waals surface area contributed by atoms with Gasteiger partial charge in [0.25, 0.3) is 5.91 Å². The Morgan fingerprint density at radius 3 is 2.92 bits per heavy atom. The van der Waals surface area contributed by atoms with Gasteiger partial charge in [-0.1, -0.05) is 6.07 Å². The van der Waals surface area contributed by atoms with Gasteiger partial charge in [0.15, 0.2) is 0 Å². The van der Waals surface area contributed by atoms with Crippen LogP contribution in [0.4, 0.5) is 9.18 Å². The number of fused-ring (bicyclic) bond motifs is 1. The summed E-state index contributed by atoms with van der Waals surface area (Å²) in [6.45, 7) is -0.118. The monoisotopic (exact) mass is 331 g/mol. The number of aromatic nitrogens is 1. The second-order valence-corrected chi connectivity index (χ2v) is 5.35. The van der Waals surface area contributed by atoms with E-state index in [1.54, 1.807) is 18.3 Å². The lowest BCUT2D eigenvalue weighted by atomic mass is 10.1. The second-order valence-electron chi connectivity index (χ2n) is 5.35. The molecule has 0 saturated carbocycles. The van der Waals surface area contributed by atoms with Crippen molar-refractivity contribution < 1.29 is 23.5 Å². The number of carbonyl (C=O) groups is 3. The first-order valence-corrected chi connectivity index (χ1v) is 7.33. The summed E-state index contributed by atoms with van der Waals surface area (Å²) >= 11 is 0. The Balaban J connectivity index is 1.59. The van der Waals surface area contributed by atoms with Gasteiger partial charge in [-0.2, -0.15) is 0 Å². The van der Waals surface area contributed by atoms with E-state index in [1.165, 1.54) is 12.1 Å². The first-order chi connectivity index (χ1) is 11.5. The van der Waals surface area contributed by atoms with E-state index < -0.39 is 29.8 Å². The van der Waals surface area contributed by atoms with Crippen LogP contribution in [0.1, 0.15) is 18.4 Å². The third-order valence-corrected chi connectivity index (χ3v) is 3.63. The van der Waals surface area contributed by atoms with Gasteiger partial charge in [-0.05, 0) is 24.6 Å². The van der Waals surface area contributed by atoms with Gasteiger partial charge >= 0.3 is 12.0 Å². The Morgan fingerprint density at radius 1 is 1.33 bits per heavy atom. The zero-order chi connectivity index (χ0) is 17.1. The first kappa shape index (κ1) is 15.9. The maximum atomic E-state index is 13.6. The van der Waals surface area contributed by atoms with Crippen molar-refractivity contribution in [3.05, 3.63) is 41.8 Å². The number of imide groups is 1. The highest BCUT2D eigenvalue weighted by Crippen LogP contribution is 2.19. The number of ether oxygens (including phenoxy) is 1.